The van der Waals surface area contributed by atoms with Crippen molar-refractivity contribution in [1.29, 1.82) is 0 Å². The highest BCUT2D eigenvalue weighted by molar-refractivity contribution is 7.10. The zero-order chi connectivity index (χ0) is 13.5. The third-order valence-corrected chi connectivity index (χ3v) is 4.17. The smallest absolute Gasteiger partial charge is 0.281 e. The summed E-state index contributed by atoms with van der Waals surface area (Å²) >= 11 is 1.48. The Morgan fingerprint density at radius 2 is 2.10 bits per heavy atom. The molecule has 2 aliphatic heterocycles. The van der Waals surface area contributed by atoms with Crippen LogP contribution >= 0.6 is 11.3 Å². The third kappa shape index (κ3) is 2.00. The first-order valence-electron chi connectivity index (χ1n) is 6.57. The fourth-order valence-corrected chi connectivity index (χ4v) is 3.07. The average molecular weight is 283 g/mol. The molecule has 0 aliphatic carbocycles. The van der Waals surface area contributed by atoms with Crippen molar-refractivity contribution < 1.29 is 4.74 Å². The summed E-state index contributed by atoms with van der Waals surface area (Å²) < 4.78 is 6.73. The second kappa shape index (κ2) is 4.45. The van der Waals surface area contributed by atoms with Crippen LogP contribution in [0.25, 0.3) is 6.20 Å². The Labute approximate surface area is 120 Å². The minimum Gasteiger partial charge on any atom is -0.431 e. The van der Waals surface area contributed by atoms with Crippen LogP contribution in [0.4, 0.5) is 0 Å². The van der Waals surface area contributed by atoms with Crippen LogP contribution in [0.15, 0.2) is 41.2 Å². The van der Waals surface area contributed by atoms with Crippen molar-refractivity contribution in [2.75, 3.05) is 6.54 Å². The Balaban J connectivity index is 1.69. The van der Waals surface area contributed by atoms with Gasteiger partial charge in [0, 0.05) is 12.7 Å². The second-order valence-corrected chi connectivity index (χ2v) is 5.81. The molecule has 100 valence electrons. The van der Waals surface area contributed by atoms with Crippen LogP contribution in [0.1, 0.15) is 12.0 Å². The SMILES string of the molecule is Cc1ccc(Oc2nc3c(s2)=NC2=CCCN2C=3)cc1. The van der Waals surface area contributed by atoms with E-state index in [1.54, 1.807) is 0 Å². The molecule has 2 aromatic rings. The Morgan fingerprint density at radius 1 is 1.25 bits per heavy atom. The molecule has 1 aromatic carbocycles. The van der Waals surface area contributed by atoms with Gasteiger partial charge in [-0.3, -0.25) is 0 Å². The van der Waals surface area contributed by atoms with E-state index in [-0.39, 0.29) is 0 Å². The quantitative estimate of drug-likeness (QED) is 0.847. The van der Waals surface area contributed by atoms with E-state index in [1.807, 2.05) is 24.3 Å². The van der Waals surface area contributed by atoms with E-state index in [1.165, 1.54) is 16.9 Å². The molecule has 0 bridgehead atoms. The van der Waals surface area contributed by atoms with Crippen molar-refractivity contribution in [3.8, 4) is 10.9 Å². The van der Waals surface area contributed by atoms with Gasteiger partial charge in [-0.05, 0) is 31.6 Å². The van der Waals surface area contributed by atoms with E-state index >= 15 is 0 Å². The van der Waals surface area contributed by atoms with E-state index in [2.05, 4.69) is 34.1 Å². The lowest BCUT2D eigenvalue weighted by Crippen LogP contribution is -2.31. The van der Waals surface area contributed by atoms with Gasteiger partial charge in [-0.2, -0.15) is 4.98 Å². The van der Waals surface area contributed by atoms with Gasteiger partial charge < -0.3 is 9.64 Å². The van der Waals surface area contributed by atoms with E-state index in [4.69, 9.17) is 4.74 Å². The van der Waals surface area contributed by atoms with Gasteiger partial charge >= 0.3 is 0 Å². The molecule has 0 saturated carbocycles. The van der Waals surface area contributed by atoms with Crippen LogP contribution in [-0.2, 0) is 0 Å². The van der Waals surface area contributed by atoms with Crippen LogP contribution < -0.4 is 14.8 Å². The molecular formula is C15H13N3OS. The summed E-state index contributed by atoms with van der Waals surface area (Å²) in [5.41, 5.74) is 1.21. The molecular weight excluding hydrogens is 270 g/mol. The number of aromatic nitrogens is 1. The number of aryl methyl sites for hydroxylation is 1. The van der Waals surface area contributed by atoms with Gasteiger partial charge in [0.25, 0.3) is 5.19 Å². The standard InChI is InChI=1S/C15H13N3OS/c1-10-4-6-11(7-5-10)19-15-16-12-9-18-8-2-3-13(18)17-14(12)20-15/h3-7,9H,2,8H2,1H3. The highest BCUT2D eigenvalue weighted by Crippen LogP contribution is 2.22. The first kappa shape index (κ1) is 11.7. The average Bonchev–Trinajstić information content (AvgIpc) is 3.03. The molecule has 2 aliphatic rings. The van der Waals surface area contributed by atoms with Gasteiger partial charge in [-0.15, -0.1) is 0 Å². The second-order valence-electron chi connectivity index (χ2n) is 4.87. The number of hydrogen-bond donors (Lipinski definition) is 0. The van der Waals surface area contributed by atoms with Crippen LogP contribution in [0, 0.1) is 6.92 Å². The van der Waals surface area contributed by atoms with Gasteiger partial charge in [0.2, 0.25) is 0 Å². The van der Waals surface area contributed by atoms with E-state index in [0.29, 0.717) is 5.19 Å². The molecule has 3 heterocycles. The van der Waals surface area contributed by atoms with Crippen molar-refractivity contribution in [3.05, 3.63) is 51.7 Å². The fourth-order valence-electron chi connectivity index (χ4n) is 2.28. The van der Waals surface area contributed by atoms with Crippen LogP contribution in [0.2, 0.25) is 0 Å². The van der Waals surface area contributed by atoms with Crippen molar-refractivity contribution in [1.82, 2.24) is 9.88 Å². The normalized spacial score (nSPS) is 15.8. The topological polar surface area (TPSA) is 37.7 Å². The number of benzene rings is 1. The number of thiazole rings is 1. The Bertz CT molecular complexity index is 805. The number of hydrogen-bond acceptors (Lipinski definition) is 5. The number of rotatable bonds is 2. The highest BCUT2D eigenvalue weighted by atomic mass is 32.1. The minimum atomic E-state index is 0.639. The lowest BCUT2D eigenvalue weighted by atomic mass is 10.2. The Kier molecular flexibility index (Phi) is 2.60. The monoisotopic (exact) mass is 283 g/mol. The molecule has 0 radical (unpaired) electrons. The van der Waals surface area contributed by atoms with Gasteiger partial charge in [-0.25, -0.2) is 4.99 Å². The first-order chi connectivity index (χ1) is 9.78. The molecule has 4 rings (SSSR count). The predicted octanol–water partition coefficient (Wildman–Crippen LogP) is 2.16. The minimum absolute atomic E-state index is 0.639. The molecule has 5 heteroatoms. The van der Waals surface area contributed by atoms with Gasteiger partial charge in [-0.1, -0.05) is 29.0 Å². The molecule has 1 aromatic heterocycles. The van der Waals surface area contributed by atoms with Crippen LogP contribution in [0.3, 0.4) is 0 Å². The van der Waals surface area contributed by atoms with Gasteiger partial charge in [0.15, 0.2) is 4.67 Å². The summed E-state index contributed by atoms with van der Waals surface area (Å²) in [5, 5.41) is 1.54. The maximum atomic E-state index is 5.80. The molecule has 0 N–H and O–H groups in total. The molecule has 0 fully saturated rings. The lowest BCUT2D eigenvalue weighted by Gasteiger charge is -2.14. The Morgan fingerprint density at radius 3 is 2.95 bits per heavy atom. The van der Waals surface area contributed by atoms with Crippen molar-refractivity contribution in [2.45, 2.75) is 13.3 Å². The summed E-state index contributed by atoms with van der Waals surface area (Å²) in [7, 11) is 0. The maximum absolute atomic E-state index is 5.80. The lowest BCUT2D eigenvalue weighted by molar-refractivity contribution is 0.476. The molecule has 0 saturated heterocycles. The van der Waals surface area contributed by atoms with E-state index in [9.17, 15) is 0 Å². The number of fused-ring (bicyclic) bond motifs is 2. The summed E-state index contributed by atoms with van der Waals surface area (Å²) in [5.74, 6) is 1.84. The zero-order valence-corrected chi connectivity index (χ0v) is 11.9. The summed E-state index contributed by atoms with van der Waals surface area (Å²) in [6, 6.07) is 7.97. The molecule has 20 heavy (non-hydrogen) atoms. The van der Waals surface area contributed by atoms with Crippen molar-refractivity contribution >= 4 is 17.5 Å². The Hall–Kier alpha value is -2.14. The predicted molar refractivity (Wildman–Crippen MR) is 78.0 cm³/mol. The van der Waals surface area contributed by atoms with E-state index in [0.717, 1.165) is 34.6 Å². The molecule has 0 amide bonds. The van der Waals surface area contributed by atoms with Gasteiger partial charge in [0.1, 0.15) is 16.9 Å². The fraction of sp³-hybridized carbons (Fsp3) is 0.200. The molecule has 4 nitrogen and oxygen atoms in total. The maximum Gasteiger partial charge on any atom is 0.281 e. The first-order valence-corrected chi connectivity index (χ1v) is 7.38. The van der Waals surface area contributed by atoms with Crippen LogP contribution in [0.5, 0.6) is 10.9 Å². The molecule has 0 unspecified atom stereocenters. The van der Waals surface area contributed by atoms with Crippen LogP contribution in [-0.4, -0.2) is 16.4 Å². The number of nitrogens with zero attached hydrogens (tertiary/aromatic N) is 3. The highest BCUT2D eigenvalue weighted by Gasteiger charge is 2.17. The third-order valence-electron chi connectivity index (χ3n) is 3.33. The summed E-state index contributed by atoms with van der Waals surface area (Å²) in [6.07, 6.45) is 5.26. The molecule has 0 spiro atoms. The van der Waals surface area contributed by atoms with Crippen molar-refractivity contribution in [3.63, 3.8) is 0 Å². The molecule has 0 atom stereocenters. The summed E-state index contributed by atoms with van der Waals surface area (Å²) in [6.45, 7) is 3.05. The summed E-state index contributed by atoms with van der Waals surface area (Å²) in [4.78, 5) is 11.3. The largest absolute Gasteiger partial charge is 0.431 e. The zero-order valence-electron chi connectivity index (χ0n) is 11.0. The van der Waals surface area contributed by atoms with E-state index < -0.39 is 0 Å². The van der Waals surface area contributed by atoms with Gasteiger partial charge in [0.05, 0.1) is 0 Å². The number of ether oxygens (including phenoxy) is 1. The van der Waals surface area contributed by atoms with Crippen molar-refractivity contribution in [2.24, 2.45) is 4.99 Å².